The molecule has 0 spiro atoms. The normalized spacial score (nSPS) is 13.3. The number of hydrogen-bond donors (Lipinski definition) is 2. The number of unbranched alkanes of at least 4 members (excludes halogenated alkanes) is 2. The lowest BCUT2D eigenvalue weighted by atomic mass is 9.82. The summed E-state index contributed by atoms with van der Waals surface area (Å²) >= 11 is 0. The van der Waals surface area contributed by atoms with E-state index in [9.17, 15) is 19.8 Å². The summed E-state index contributed by atoms with van der Waals surface area (Å²) in [5.41, 5.74) is 1.70. The average Bonchev–Trinajstić information content (AvgIpc) is 2.68. The molecule has 0 radical (unpaired) electrons. The molecule has 4 nitrogen and oxygen atoms in total. The van der Waals surface area contributed by atoms with Gasteiger partial charge in [-0.2, -0.15) is 0 Å². The van der Waals surface area contributed by atoms with Crippen molar-refractivity contribution in [2.45, 2.75) is 91.9 Å². The molecule has 1 aromatic rings. The van der Waals surface area contributed by atoms with Crippen LogP contribution in [0.3, 0.4) is 0 Å². The van der Waals surface area contributed by atoms with Gasteiger partial charge in [0.05, 0.1) is 11.1 Å². The predicted octanol–water partition coefficient (Wildman–Crippen LogP) is 6.60. The second-order valence-electron chi connectivity index (χ2n) is 7.98. The predicted molar refractivity (Wildman–Crippen MR) is 114 cm³/mol. The third-order valence-electron chi connectivity index (χ3n) is 5.94. The topological polar surface area (TPSA) is 74.6 Å². The maximum atomic E-state index is 12.0. The fourth-order valence-corrected chi connectivity index (χ4v) is 4.02. The van der Waals surface area contributed by atoms with Crippen LogP contribution in [0.4, 0.5) is 0 Å². The Morgan fingerprint density at radius 1 is 0.821 bits per heavy atom. The second-order valence-corrected chi connectivity index (χ2v) is 7.98. The molecule has 158 valence electrons. The van der Waals surface area contributed by atoms with Gasteiger partial charge >= 0.3 is 11.9 Å². The van der Waals surface area contributed by atoms with Crippen LogP contribution in [0, 0.1) is 11.8 Å². The Hall–Kier alpha value is -1.84. The van der Waals surface area contributed by atoms with Gasteiger partial charge in [0, 0.05) is 0 Å². The Kier molecular flexibility index (Phi) is 10.9. The summed E-state index contributed by atoms with van der Waals surface area (Å²) in [5, 5.41) is 19.4. The van der Waals surface area contributed by atoms with Gasteiger partial charge in [0.2, 0.25) is 0 Å². The molecule has 0 heterocycles. The van der Waals surface area contributed by atoms with Gasteiger partial charge in [0.25, 0.3) is 0 Å². The molecule has 0 saturated carbocycles. The molecule has 1 rings (SSSR count). The van der Waals surface area contributed by atoms with Gasteiger partial charge in [0.15, 0.2) is 0 Å². The van der Waals surface area contributed by atoms with Crippen molar-refractivity contribution in [3.63, 3.8) is 0 Å². The molecule has 1 aromatic carbocycles. The Morgan fingerprint density at radius 3 is 1.79 bits per heavy atom. The van der Waals surface area contributed by atoms with Crippen molar-refractivity contribution in [1.29, 1.82) is 0 Å². The van der Waals surface area contributed by atoms with Crippen molar-refractivity contribution in [1.82, 2.24) is 0 Å². The molecule has 0 aromatic heterocycles. The first kappa shape index (κ1) is 24.2. The lowest BCUT2D eigenvalue weighted by Crippen LogP contribution is -2.18. The maximum absolute atomic E-state index is 12.0. The fourth-order valence-electron chi connectivity index (χ4n) is 4.02. The van der Waals surface area contributed by atoms with E-state index in [1.54, 1.807) is 0 Å². The van der Waals surface area contributed by atoms with Gasteiger partial charge in [0.1, 0.15) is 0 Å². The summed E-state index contributed by atoms with van der Waals surface area (Å²) in [6.07, 6.45) is 10.2. The first-order chi connectivity index (χ1) is 13.4. The quantitative estimate of drug-likeness (QED) is 0.375. The molecule has 2 N–H and O–H groups in total. The third-order valence-corrected chi connectivity index (χ3v) is 5.94. The first-order valence-electron chi connectivity index (χ1n) is 11.0. The summed E-state index contributed by atoms with van der Waals surface area (Å²) in [4.78, 5) is 23.7. The number of carboxylic acid groups (broad SMARTS) is 2. The molecule has 2 atom stereocenters. The molecule has 0 bridgehead atoms. The van der Waals surface area contributed by atoms with Gasteiger partial charge in [-0.1, -0.05) is 85.1 Å². The Bertz CT molecular complexity index is 636. The standard InChI is InChI=1S/C24H38O4/c1-5-9-11-17(7-3)15-19-13-14-20(23(25)26)22(24(27)28)21(19)16-18(8-4)12-10-6-2/h13-14,17-18H,5-12,15-16H2,1-4H3,(H,25,26)(H,27,28)/t17-,18-/m0/s1. The number of benzene rings is 1. The van der Waals surface area contributed by atoms with Crippen LogP contribution in [0.5, 0.6) is 0 Å². The summed E-state index contributed by atoms with van der Waals surface area (Å²) in [5.74, 6) is -1.39. The molecule has 0 aliphatic heterocycles. The van der Waals surface area contributed by atoms with E-state index in [1.807, 2.05) is 6.07 Å². The SMILES string of the molecule is CCCC[C@H](CC)Cc1ccc(C(=O)O)c(C(=O)O)c1C[C@@H](CC)CCCC. The highest BCUT2D eigenvalue weighted by molar-refractivity contribution is 6.03. The summed E-state index contributed by atoms with van der Waals surface area (Å²) in [6.45, 7) is 8.66. The molecule has 0 unspecified atom stereocenters. The van der Waals surface area contributed by atoms with Crippen molar-refractivity contribution in [3.8, 4) is 0 Å². The van der Waals surface area contributed by atoms with Crippen LogP contribution in [-0.2, 0) is 12.8 Å². The van der Waals surface area contributed by atoms with Crippen molar-refractivity contribution >= 4 is 11.9 Å². The van der Waals surface area contributed by atoms with E-state index in [2.05, 4.69) is 27.7 Å². The molecule has 0 amide bonds. The highest BCUT2D eigenvalue weighted by atomic mass is 16.4. The average molecular weight is 391 g/mol. The number of aromatic carboxylic acids is 2. The summed E-state index contributed by atoms with van der Waals surface area (Å²) in [6, 6.07) is 3.36. The Morgan fingerprint density at radius 2 is 1.36 bits per heavy atom. The van der Waals surface area contributed by atoms with Crippen LogP contribution >= 0.6 is 0 Å². The van der Waals surface area contributed by atoms with Crippen LogP contribution in [0.2, 0.25) is 0 Å². The molecular formula is C24H38O4. The molecular weight excluding hydrogens is 352 g/mol. The number of carboxylic acids is 2. The molecule has 0 saturated heterocycles. The first-order valence-corrected chi connectivity index (χ1v) is 11.0. The van der Waals surface area contributed by atoms with Gasteiger partial charge < -0.3 is 10.2 Å². The van der Waals surface area contributed by atoms with Crippen LogP contribution < -0.4 is 0 Å². The molecule has 0 aliphatic carbocycles. The van der Waals surface area contributed by atoms with E-state index in [0.29, 0.717) is 18.3 Å². The van der Waals surface area contributed by atoms with Gasteiger partial charge in [-0.05, 0) is 41.9 Å². The lowest BCUT2D eigenvalue weighted by Gasteiger charge is -2.23. The van der Waals surface area contributed by atoms with E-state index in [1.165, 1.54) is 12.5 Å². The number of rotatable bonds is 14. The van der Waals surface area contributed by atoms with E-state index in [4.69, 9.17) is 0 Å². The Balaban J connectivity index is 3.38. The van der Waals surface area contributed by atoms with Crippen LogP contribution in [0.1, 0.15) is 111 Å². The number of carbonyl (C=O) groups is 2. The summed E-state index contributed by atoms with van der Waals surface area (Å²) in [7, 11) is 0. The van der Waals surface area contributed by atoms with E-state index >= 15 is 0 Å². The third kappa shape index (κ3) is 6.96. The molecule has 0 fully saturated rings. The smallest absolute Gasteiger partial charge is 0.336 e. The Labute approximate surface area is 170 Å². The molecule has 4 heteroatoms. The van der Waals surface area contributed by atoms with Crippen LogP contribution in [0.25, 0.3) is 0 Å². The van der Waals surface area contributed by atoms with Gasteiger partial charge in [-0.3, -0.25) is 0 Å². The zero-order valence-electron chi connectivity index (χ0n) is 18.1. The zero-order valence-corrected chi connectivity index (χ0v) is 18.1. The lowest BCUT2D eigenvalue weighted by molar-refractivity contribution is 0.0650. The second kappa shape index (κ2) is 12.6. The van der Waals surface area contributed by atoms with E-state index < -0.39 is 11.9 Å². The van der Waals surface area contributed by atoms with Crippen LogP contribution in [0.15, 0.2) is 12.1 Å². The van der Waals surface area contributed by atoms with Gasteiger partial charge in [-0.15, -0.1) is 0 Å². The fraction of sp³-hybridized carbons (Fsp3) is 0.667. The monoisotopic (exact) mass is 390 g/mol. The van der Waals surface area contributed by atoms with Crippen molar-refractivity contribution in [2.75, 3.05) is 0 Å². The van der Waals surface area contributed by atoms with Crippen molar-refractivity contribution in [2.24, 2.45) is 11.8 Å². The molecule has 0 aliphatic rings. The highest BCUT2D eigenvalue weighted by Gasteiger charge is 2.25. The minimum absolute atomic E-state index is 0.00490. The van der Waals surface area contributed by atoms with Crippen molar-refractivity contribution < 1.29 is 19.8 Å². The van der Waals surface area contributed by atoms with Gasteiger partial charge in [-0.25, -0.2) is 9.59 Å². The van der Waals surface area contributed by atoms with Crippen molar-refractivity contribution in [3.05, 3.63) is 34.4 Å². The van der Waals surface area contributed by atoms with E-state index in [0.717, 1.165) is 62.5 Å². The minimum Gasteiger partial charge on any atom is -0.478 e. The zero-order chi connectivity index (χ0) is 21.1. The van der Waals surface area contributed by atoms with Crippen LogP contribution in [-0.4, -0.2) is 22.2 Å². The largest absolute Gasteiger partial charge is 0.478 e. The summed E-state index contributed by atoms with van der Waals surface area (Å²) < 4.78 is 0. The maximum Gasteiger partial charge on any atom is 0.336 e. The molecule has 28 heavy (non-hydrogen) atoms. The number of hydrogen-bond acceptors (Lipinski definition) is 2. The van der Waals surface area contributed by atoms with E-state index in [-0.39, 0.29) is 11.1 Å². The minimum atomic E-state index is -1.16. The highest BCUT2D eigenvalue weighted by Crippen LogP contribution is 2.30.